The van der Waals surface area contributed by atoms with E-state index in [4.69, 9.17) is 4.42 Å². The summed E-state index contributed by atoms with van der Waals surface area (Å²) in [6.07, 6.45) is 7.98. The van der Waals surface area contributed by atoms with E-state index < -0.39 is 0 Å². The zero-order valence-corrected chi connectivity index (χ0v) is 14.4. The molecule has 0 atom stereocenters. The molecular weight excluding hydrogens is 328 g/mol. The lowest BCUT2D eigenvalue weighted by Gasteiger charge is -2.06. The van der Waals surface area contributed by atoms with Crippen molar-refractivity contribution in [3.8, 4) is 11.1 Å². The van der Waals surface area contributed by atoms with Crippen molar-refractivity contribution >= 4 is 11.7 Å². The van der Waals surface area contributed by atoms with Crippen LogP contribution in [0.3, 0.4) is 0 Å². The number of hydrogen-bond donors (Lipinski definition) is 1. The largest absolute Gasteiger partial charge is 0.472 e. The highest BCUT2D eigenvalue weighted by molar-refractivity contribution is 5.96. The topological polar surface area (TPSA) is 72.2 Å². The molecule has 3 aromatic rings. The molecule has 0 bridgehead atoms. The number of hydrogen-bond acceptors (Lipinski definition) is 4. The first-order valence-electron chi connectivity index (χ1n) is 8.54. The fraction of sp³-hybridized carbons (Fsp3) is 0.190. The van der Waals surface area contributed by atoms with Crippen LogP contribution in [0.5, 0.6) is 0 Å². The van der Waals surface area contributed by atoms with Crippen LogP contribution in [0.4, 0.5) is 0 Å². The summed E-state index contributed by atoms with van der Waals surface area (Å²) in [5.74, 6) is -0.00464. The second-order valence-corrected chi connectivity index (χ2v) is 6.01. The van der Waals surface area contributed by atoms with Gasteiger partial charge < -0.3 is 9.73 Å². The lowest BCUT2D eigenvalue weighted by atomic mass is 10.1. The fourth-order valence-corrected chi connectivity index (χ4v) is 2.64. The molecule has 0 aliphatic carbocycles. The summed E-state index contributed by atoms with van der Waals surface area (Å²) in [6.45, 7) is 0.407. The van der Waals surface area contributed by atoms with Crippen LogP contribution in [0.2, 0.25) is 0 Å². The number of rotatable bonds is 8. The molecule has 2 aromatic heterocycles. The molecule has 132 valence electrons. The first-order valence-corrected chi connectivity index (χ1v) is 8.54. The number of carbonyl (C=O) groups is 2. The van der Waals surface area contributed by atoms with Crippen LogP contribution in [0.25, 0.3) is 11.1 Å². The quantitative estimate of drug-likeness (QED) is 0.624. The summed E-state index contributed by atoms with van der Waals surface area (Å²) in [6, 6.07) is 13.0. The average Bonchev–Trinajstić information content (AvgIpc) is 3.22. The van der Waals surface area contributed by atoms with Gasteiger partial charge in [0.25, 0.3) is 0 Å². The lowest BCUT2D eigenvalue weighted by Crippen LogP contribution is -2.22. The Kier molecular flexibility index (Phi) is 5.93. The van der Waals surface area contributed by atoms with Crippen molar-refractivity contribution in [1.29, 1.82) is 0 Å². The summed E-state index contributed by atoms with van der Waals surface area (Å²) >= 11 is 0. The monoisotopic (exact) mass is 348 g/mol. The zero-order chi connectivity index (χ0) is 18.2. The normalized spacial score (nSPS) is 10.5. The minimum Gasteiger partial charge on any atom is -0.472 e. The Labute approximate surface area is 152 Å². The third kappa shape index (κ3) is 4.89. The number of carbonyl (C=O) groups excluding carboxylic acids is 2. The van der Waals surface area contributed by atoms with Crippen molar-refractivity contribution in [2.45, 2.75) is 25.8 Å². The van der Waals surface area contributed by atoms with E-state index in [1.54, 1.807) is 37.1 Å². The molecule has 1 N–H and O–H groups in total. The maximum Gasteiger partial charge on any atom is 0.220 e. The van der Waals surface area contributed by atoms with Crippen LogP contribution in [0, 0.1) is 0 Å². The minimum absolute atomic E-state index is 0.0652. The van der Waals surface area contributed by atoms with Gasteiger partial charge >= 0.3 is 0 Å². The molecule has 0 aliphatic rings. The molecule has 0 radical (unpaired) electrons. The smallest absolute Gasteiger partial charge is 0.220 e. The van der Waals surface area contributed by atoms with Crippen molar-refractivity contribution in [3.63, 3.8) is 0 Å². The number of benzene rings is 1. The summed E-state index contributed by atoms with van der Waals surface area (Å²) in [5.41, 5.74) is 3.50. The predicted octanol–water partition coefficient (Wildman–Crippen LogP) is 4.01. The molecule has 2 heterocycles. The molecule has 0 aliphatic heterocycles. The van der Waals surface area contributed by atoms with E-state index in [2.05, 4.69) is 10.3 Å². The Morgan fingerprint density at radius 1 is 1.00 bits per heavy atom. The van der Waals surface area contributed by atoms with Gasteiger partial charge in [-0.15, -0.1) is 0 Å². The van der Waals surface area contributed by atoms with Crippen molar-refractivity contribution < 1.29 is 14.0 Å². The molecule has 1 aromatic carbocycles. The summed E-state index contributed by atoms with van der Waals surface area (Å²) in [5, 5.41) is 2.87. The number of furan rings is 1. The summed E-state index contributed by atoms with van der Waals surface area (Å²) < 4.78 is 5.08. The fourth-order valence-electron chi connectivity index (χ4n) is 2.64. The number of amides is 1. The molecule has 26 heavy (non-hydrogen) atoms. The Morgan fingerprint density at radius 3 is 2.62 bits per heavy atom. The Morgan fingerprint density at radius 2 is 1.85 bits per heavy atom. The maximum absolute atomic E-state index is 12.0. The molecule has 0 saturated heterocycles. The van der Waals surface area contributed by atoms with E-state index in [1.807, 2.05) is 30.3 Å². The van der Waals surface area contributed by atoms with E-state index in [9.17, 15) is 9.59 Å². The van der Waals surface area contributed by atoms with Gasteiger partial charge in [0, 0.05) is 48.5 Å². The zero-order valence-electron chi connectivity index (χ0n) is 14.4. The average molecular weight is 348 g/mol. The Balaban J connectivity index is 1.43. The van der Waals surface area contributed by atoms with Crippen molar-refractivity contribution in [3.05, 3.63) is 78.5 Å². The van der Waals surface area contributed by atoms with Gasteiger partial charge in [-0.05, 0) is 24.1 Å². The van der Waals surface area contributed by atoms with Gasteiger partial charge in [0.2, 0.25) is 5.91 Å². The number of Topliss-reactive ketones (excluding diaryl/α,β-unsaturated/α-hetero) is 1. The summed E-state index contributed by atoms with van der Waals surface area (Å²) in [7, 11) is 0. The molecular formula is C21H20N2O3. The second kappa shape index (κ2) is 8.76. The maximum atomic E-state index is 12.0. The van der Waals surface area contributed by atoms with Crippen molar-refractivity contribution in [2.24, 2.45) is 0 Å². The number of pyridine rings is 1. The van der Waals surface area contributed by atoms with Gasteiger partial charge in [-0.1, -0.05) is 30.3 Å². The van der Waals surface area contributed by atoms with Crippen molar-refractivity contribution in [2.75, 3.05) is 0 Å². The minimum atomic E-state index is -0.0698. The van der Waals surface area contributed by atoms with Gasteiger partial charge in [-0.2, -0.15) is 0 Å². The van der Waals surface area contributed by atoms with E-state index in [1.165, 1.54) is 0 Å². The molecule has 3 rings (SSSR count). The Hall–Kier alpha value is -3.21. The van der Waals surface area contributed by atoms with Crippen LogP contribution in [-0.4, -0.2) is 16.7 Å². The van der Waals surface area contributed by atoms with E-state index in [0.717, 1.165) is 16.7 Å². The molecule has 5 heteroatoms. The second-order valence-electron chi connectivity index (χ2n) is 6.01. The highest BCUT2D eigenvalue weighted by Gasteiger charge is 2.08. The third-order valence-corrected chi connectivity index (χ3v) is 4.04. The highest BCUT2D eigenvalue weighted by Crippen LogP contribution is 2.19. The van der Waals surface area contributed by atoms with Gasteiger partial charge in [0.15, 0.2) is 5.78 Å². The number of nitrogens with one attached hydrogen (secondary N) is 1. The number of aromatic nitrogens is 1. The number of ketones is 1. The van der Waals surface area contributed by atoms with E-state index in [-0.39, 0.29) is 11.7 Å². The molecule has 1 amide bonds. The molecule has 0 spiro atoms. The van der Waals surface area contributed by atoms with Crippen LogP contribution in [-0.2, 0) is 11.3 Å². The molecule has 0 fully saturated rings. The van der Waals surface area contributed by atoms with Crippen LogP contribution >= 0.6 is 0 Å². The van der Waals surface area contributed by atoms with E-state index >= 15 is 0 Å². The summed E-state index contributed by atoms with van der Waals surface area (Å²) in [4.78, 5) is 28.2. The highest BCUT2D eigenvalue weighted by atomic mass is 16.3. The van der Waals surface area contributed by atoms with Gasteiger partial charge in [-0.25, -0.2) is 0 Å². The van der Waals surface area contributed by atoms with Crippen LogP contribution < -0.4 is 5.32 Å². The lowest BCUT2D eigenvalue weighted by molar-refractivity contribution is -0.121. The van der Waals surface area contributed by atoms with Crippen molar-refractivity contribution in [1.82, 2.24) is 10.3 Å². The molecule has 0 unspecified atom stereocenters. The van der Waals surface area contributed by atoms with Crippen LogP contribution in [0.15, 0.2) is 71.8 Å². The predicted molar refractivity (Wildman–Crippen MR) is 98.4 cm³/mol. The Bertz CT molecular complexity index is 858. The SMILES string of the molecule is O=C(CCCC(=O)c1ccccc1)NCc1cncc(-c2ccoc2)c1. The molecule has 0 saturated carbocycles. The van der Waals surface area contributed by atoms with Gasteiger partial charge in [-0.3, -0.25) is 14.6 Å². The van der Waals surface area contributed by atoms with Crippen LogP contribution in [0.1, 0.15) is 35.2 Å². The number of nitrogens with zero attached hydrogens (tertiary/aromatic N) is 1. The van der Waals surface area contributed by atoms with Gasteiger partial charge in [0.1, 0.15) is 0 Å². The first-order chi connectivity index (χ1) is 12.7. The van der Waals surface area contributed by atoms with Gasteiger partial charge in [0.05, 0.1) is 12.5 Å². The third-order valence-electron chi connectivity index (χ3n) is 4.04. The standard InChI is InChI=1S/C21H20N2O3/c24-20(17-5-2-1-3-6-17)7-4-8-21(25)23-13-16-11-19(14-22-12-16)18-9-10-26-15-18/h1-3,5-6,9-12,14-15H,4,7-8,13H2,(H,23,25). The van der Waals surface area contributed by atoms with E-state index in [0.29, 0.717) is 31.4 Å². The molecule has 5 nitrogen and oxygen atoms in total. The first kappa shape index (κ1) is 17.6.